The van der Waals surface area contributed by atoms with E-state index in [1.54, 1.807) is 0 Å². The molecule has 0 amide bonds. The molecule has 4 heteroatoms. The summed E-state index contributed by atoms with van der Waals surface area (Å²) in [5.74, 6) is 7.59. The second kappa shape index (κ2) is 5.82. The first-order valence-corrected chi connectivity index (χ1v) is 7.60. The second-order valence-electron chi connectivity index (χ2n) is 6.00. The van der Waals surface area contributed by atoms with Gasteiger partial charge in [0.1, 0.15) is 5.82 Å². The molecular weight excluding hydrogens is 260 g/mol. The van der Waals surface area contributed by atoms with E-state index in [-0.39, 0.29) is 0 Å². The lowest BCUT2D eigenvalue weighted by Gasteiger charge is -2.13. The third-order valence-electron chi connectivity index (χ3n) is 4.15. The molecule has 21 heavy (non-hydrogen) atoms. The summed E-state index contributed by atoms with van der Waals surface area (Å²) >= 11 is 0. The molecule has 1 heterocycles. The Morgan fingerprint density at radius 3 is 2.29 bits per heavy atom. The lowest BCUT2D eigenvalue weighted by atomic mass is 10.0. The van der Waals surface area contributed by atoms with Crippen molar-refractivity contribution in [2.75, 3.05) is 5.43 Å². The number of aromatic nitrogens is 2. The molecule has 110 valence electrons. The Kier molecular flexibility index (Phi) is 3.88. The van der Waals surface area contributed by atoms with Gasteiger partial charge in [0.2, 0.25) is 0 Å². The van der Waals surface area contributed by atoms with E-state index in [4.69, 9.17) is 10.8 Å². The predicted octanol–water partition coefficient (Wildman–Crippen LogP) is 3.70. The number of nitrogens with two attached hydrogens (primary N) is 1. The zero-order valence-corrected chi connectivity index (χ0v) is 12.7. The highest BCUT2D eigenvalue weighted by molar-refractivity contribution is 5.60. The van der Waals surface area contributed by atoms with Crippen LogP contribution >= 0.6 is 0 Å². The summed E-state index contributed by atoms with van der Waals surface area (Å²) in [6.45, 7) is 4.19. The van der Waals surface area contributed by atoms with Gasteiger partial charge in [-0.25, -0.2) is 15.8 Å². The summed E-state index contributed by atoms with van der Waals surface area (Å²) in [5.41, 5.74) is 7.30. The monoisotopic (exact) mass is 282 g/mol. The van der Waals surface area contributed by atoms with Gasteiger partial charge in [0.05, 0.1) is 0 Å². The number of nitrogen functional groups attached to an aromatic ring is 1. The number of hydrazine groups is 1. The van der Waals surface area contributed by atoms with E-state index in [0.29, 0.717) is 11.7 Å². The Balaban J connectivity index is 2.06. The molecule has 3 rings (SSSR count). The molecule has 3 N–H and O–H groups in total. The fraction of sp³-hybridized carbons (Fsp3) is 0.412. The Morgan fingerprint density at radius 2 is 1.67 bits per heavy atom. The summed E-state index contributed by atoms with van der Waals surface area (Å²) in [7, 11) is 0. The fourth-order valence-corrected chi connectivity index (χ4v) is 3.20. The summed E-state index contributed by atoms with van der Waals surface area (Å²) in [6.07, 6.45) is 5.01. The fourth-order valence-electron chi connectivity index (χ4n) is 3.20. The smallest absolute Gasteiger partial charge is 0.161 e. The van der Waals surface area contributed by atoms with Crippen molar-refractivity contribution in [3.05, 3.63) is 41.1 Å². The molecular formula is C17H22N4. The maximum atomic E-state index is 5.58. The summed E-state index contributed by atoms with van der Waals surface area (Å²) in [4.78, 5) is 9.34. The maximum absolute atomic E-state index is 5.58. The SMILES string of the molecule is Cc1cc(C)cc(-c2nc(NN)cc(C3CCCC3)n2)c1. The van der Waals surface area contributed by atoms with Crippen LogP contribution in [0.2, 0.25) is 0 Å². The average molecular weight is 282 g/mol. The number of anilines is 1. The van der Waals surface area contributed by atoms with Gasteiger partial charge in [0.25, 0.3) is 0 Å². The first-order valence-electron chi connectivity index (χ1n) is 7.60. The minimum atomic E-state index is 0.546. The van der Waals surface area contributed by atoms with Crippen molar-refractivity contribution >= 4 is 5.82 Å². The molecule has 0 radical (unpaired) electrons. The molecule has 0 bridgehead atoms. The molecule has 0 spiro atoms. The molecule has 1 fully saturated rings. The molecule has 1 aliphatic rings. The molecule has 1 aromatic carbocycles. The van der Waals surface area contributed by atoms with Crippen molar-refractivity contribution in [2.24, 2.45) is 5.84 Å². The number of nitrogens with one attached hydrogen (secondary N) is 1. The van der Waals surface area contributed by atoms with E-state index < -0.39 is 0 Å². The van der Waals surface area contributed by atoms with Crippen molar-refractivity contribution in [2.45, 2.75) is 45.4 Å². The topological polar surface area (TPSA) is 63.8 Å². The zero-order valence-electron chi connectivity index (χ0n) is 12.7. The van der Waals surface area contributed by atoms with Gasteiger partial charge in [0, 0.05) is 23.2 Å². The molecule has 4 nitrogen and oxygen atoms in total. The van der Waals surface area contributed by atoms with Crippen LogP contribution in [0.15, 0.2) is 24.3 Å². The van der Waals surface area contributed by atoms with Crippen molar-refractivity contribution < 1.29 is 0 Å². The highest BCUT2D eigenvalue weighted by atomic mass is 15.3. The van der Waals surface area contributed by atoms with Gasteiger partial charge in [-0.05, 0) is 38.8 Å². The minimum absolute atomic E-state index is 0.546. The van der Waals surface area contributed by atoms with Gasteiger partial charge in [-0.2, -0.15) is 0 Å². The third kappa shape index (κ3) is 3.05. The summed E-state index contributed by atoms with van der Waals surface area (Å²) in [5, 5.41) is 0. The number of hydrogen-bond donors (Lipinski definition) is 2. The van der Waals surface area contributed by atoms with Gasteiger partial charge in [0.15, 0.2) is 5.82 Å². The quantitative estimate of drug-likeness (QED) is 0.665. The van der Waals surface area contributed by atoms with Crippen molar-refractivity contribution in [1.29, 1.82) is 0 Å². The highest BCUT2D eigenvalue weighted by Gasteiger charge is 2.20. The standard InChI is InChI=1S/C17H22N4/c1-11-7-12(2)9-14(8-11)17-19-15(10-16(20-17)21-18)13-5-3-4-6-13/h7-10,13H,3-6,18H2,1-2H3,(H,19,20,21). The van der Waals surface area contributed by atoms with Gasteiger partial charge < -0.3 is 5.43 Å². The zero-order chi connectivity index (χ0) is 14.8. The van der Waals surface area contributed by atoms with Crippen LogP contribution in [-0.2, 0) is 0 Å². The number of benzene rings is 1. The van der Waals surface area contributed by atoms with E-state index in [0.717, 1.165) is 17.1 Å². The van der Waals surface area contributed by atoms with Crippen LogP contribution < -0.4 is 11.3 Å². The van der Waals surface area contributed by atoms with E-state index in [1.165, 1.54) is 36.8 Å². The van der Waals surface area contributed by atoms with Crippen LogP contribution in [0.4, 0.5) is 5.82 Å². The first-order chi connectivity index (χ1) is 10.2. The molecule has 1 aliphatic carbocycles. The van der Waals surface area contributed by atoms with Crippen molar-refractivity contribution in [3.63, 3.8) is 0 Å². The van der Waals surface area contributed by atoms with Crippen LogP contribution in [0, 0.1) is 13.8 Å². The Bertz CT molecular complexity index is 625. The highest BCUT2D eigenvalue weighted by Crippen LogP contribution is 2.34. The van der Waals surface area contributed by atoms with Gasteiger partial charge >= 0.3 is 0 Å². The van der Waals surface area contributed by atoms with Gasteiger partial charge in [-0.3, -0.25) is 0 Å². The van der Waals surface area contributed by atoms with Crippen molar-refractivity contribution in [1.82, 2.24) is 9.97 Å². The Labute approximate surface area is 125 Å². The van der Waals surface area contributed by atoms with Gasteiger partial charge in [-0.15, -0.1) is 0 Å². The van der Waals surface area contributed by atoms with Gasteiger partial charge in [-0.1, -0.05) is 30.0 Å². The lowest BCUT2D eigenvalue weighted by Crippen LogP contribution is -2.11. The van der Waals surface area contributed by atoms with Crippen molar-refractivity contribution in [3.8, 4) is 11.4 Å². The van der Waals surface area contributed by atoms with Crippen LogP contribution in [0.5, 0.6) is 0 Å². The average Bonchev–Trinajstić information content (AvgIpc) is 3.00. The number of aryl methyl sites for hydroxylation is 2. The Hall–Kier alpha value is -1.94. The minimum Gasteiger partial charge on any atom is -0.308 e. The maximum Gasteiger partial charge on any atom is 0.161 e. The van der Waals surface area contributed by atoms with Crippen LogP contribution in [-0.4, -0.2) is 9.97 Å². The lowest BCUT2D eigenvalue weighted by molar-refractivity contribution is 0.695. The molecule has 1 aromatic heterocycles. The second-order valence-corrected chi connectivity index (χ2v) is 6.00. The van der Waals surface area contributed by atoms with E-state index in [1.807, 2.05) is 6.07 Å². The summed E-state index contributed by atoms with van der Waals surface area (Å²) < 4.78 is 0. The third-order valence-corrected chi connectivity index (χ3v) is 4.15. The van der Waals surface area contributed by atoms with Crippen LogP contribution in [0.1, 0.15) is 48.4 Å². The van der Waals surface area contributed by atoms with Crippen LogP contribution in [0.3, 0.4) is 0 Å². The normalized spacial score (nSPS) is 15.4. The summed E-state index contributed by atoms with van der Waals surface area (Å²) in [6, 6.07) is 8.40. The molecule has 0 saturated heterocycles. The first kappa shape index (κ1) is 14.0. The molecule has 2 aromatic rings. The predicted molar refractivity (Wildman–Crippen MR) is 86.0 cm³/mol. The number of nitrogens with zero attached hydrogens (tertiary/aromatic N) is 2. The Morgan fingerprint density at radius 1 is 1.00 bits per heavy atom. The molecule has 0 aliphatic heterocycles. The van der Waals surface area contributed by atoms with E-state index in [2.05, 4.69) is 42.5 Å². The molecule has 0 atom stereocenters. The molecule has 0 unspecified atom stereocenters. The largest absolute Gasteiger partial charge is 0.308 e. The van der Waals surface area contributed by atoms with E-state index >= 15 is 0 Å². The number of hydrogen-bond acceptors (Lipinski definition) is 4. The van der Waals surface area contributed by atoms with E-state index in [9.17, 15) is 0 Å². The molecule has 1 saturated carbocycles. The van der Waals surface area contributed by atoms with Crippen LogP contribution in [0.25, 0.3) is 11.4 Å². The number of rotatable bonds is 3.